The van der Waals surface area contributed by atoms with E-state index in [1.807, 2.05) is 48.5 Å². The molecule has 0 radical (unpaired) electrons. The van der Waals surface area contributed by atoms with E-state index in [0.717, 1.165) is 151 Å². The predicted octanol–water partition coefficient (Wildman–Crippen LogP) is 21.0. The van der Waals surface area contributed by atoms with Gasteiger partial charge >= 0.3 is 23.9 Å². The van der Waals surface area contributed by atoms with E-state index in [4.69, 9.17) is 37.9 Å². The Morgan fingerprint density at radius 3 is 0.589 bits per heavy atom. The standard InChI is InChI=1S/C96H96O16/c1-57(2)93(101)109-85-50-83(107-55-99)75-46-77(85)91(71-41-33-67(34-42-71)63-25-17-11-18-26-63)79-48-80(88(112-96(104)60(7)8)52-87(79)111-95(103)59(5)6)92(72-43-35-68(36-44-72)64-27-19-12-20-28-64)78-47-76(84(108-56-100)51-86(78)110-94(102)58(3)4)90(70-39-31-66(32-40-70)62-23-15-10-16-24-62)74-45-73(81(105-53-97)49-82(74)106-54-98)89(75)69-37-29-65(30-38-69)61-21-13-9-14-22-61/h29-56,61-64,89-92H,1,3,5,7,9-28H2,2,4,6,8H3. The van der Waals surface area contributed by atoms with Gasteiger partial charge in [-0.05, 0) is 172 Å². The van der Waals surface area contributed by atoms with Gasteiger partial charge in [0.25, 0.3) is 25.9 Å². The van der Waals surface area contributed by atoms with Crippen LogP contribution in [-0.4, -0.2) is 49.8 Å². The molecule has 8 aromatic carbocycles. The second-order valence-electron chi connectivity index (χ2n) is 31.0. The third kappa shape index (κ3) is 17.3. The number of hydrogen-bond donors (Lipinski definition) is 0. The van der Waals surface area contributed by atoms with Gasteiger partial charge in [0.15, 0.2) is 0 Å². The molecule has 0 aliphatic heterocycles. The molecule has 8 aromatic rings. The number of carbonyl (C=O) groups excluding carboxylic acids is 8. The average Bonchev–Trinajstić information content (AvgIpc) is 0.732. The molecule has 16 heteroatoms. The third-order valence-corrected chi connectivity index (χ3v) is 23.3. The zero-order valence-electron chi connectivity index (χ0n) is 64.3. The number of ether oxygens (including phenoxy) is 8. The topological polar surface area (TPSA) is 210 Å². The molecule has 576 valence electrons. The van der Waals surface area contributed by atoms with Crippen LogP contribution in [0.2, 0.25) is 0 Å². The molecule has 4 atom stereocenters. The van der Waals surface area contributed by atoms with Crippen LogP contribution in [0.25, 0.3) is 0 Å². The van der Waals surface area contributed by atoms with E-state index in [0.29, 0.717) is 22.3 Å². The van der Waals surface area contributed by atoms with Crippen molar-refractivity contribution in [3.05, 3.63) is 283 Å². The first-order valence-electron chi connectivity index (χ1n) is 39.4. The normalized spacial score (nSPS) is 18.1. The maximum absolute atomic E-state index is 14.8. The van der Waals surface area contributed by atoms with Crippen molar-refractivity contribution in [2.45, 2.75) is 203 Å². The first-order valence-corrected chi connectivity index (χ1v) is 39.4. The summed E-state index contributed by atoms with van der Waals surface area (Å²) in [7, 11) is 0. The highest BCUT2D eigenvalue weighted by atomic mass is 16.6. The Labute approximate surface area is 655 Å². The van der Waals surface area contributed by atoms with Crippen LogP contribution >= 0.6 is 0 Å². The van der Waals surface area contributed by atoms with Gasteiger partial charge in [-0.2, -0.15) is 0 Å². The molecular formula is C96H96O16. The van der Waals surface area contributed by atoms with Crippen molar-refractivity contribution in [3.8, 4) is 46.0 Å². The third-order valence-electron chi connectivity index (χ3n) is 23.3. The first kappa shape index (κ1) is 78.6. The molecule has 16 nitrogen and oxygen atoms in total. The second-order valence-corrected chi connectivity index (χ2v) is 31.0. The Hall–Kier alpha value is -11.5. The van der Waals surface area contributed by atoms with Gasteiger partial charge in [-0.15, -0.1) is 0 Å². The smallest absolute Gasteiger partial charge is 0.338 e. The van der Waals surface area contributed by atoms with Crippen molar-refractivity contribution in [1.82, 2.24) is 0 Å². The van der Waals surface area contributed by atoms with Gasteiger partial charge in [0.2, 0.25) is 0 Å². The summed E-state index contributed by atoms with van der Waals surface area (Å²) in [5.41, 5.74) is 8.57. The van der Waals surface area contributed by atoms with E-state index in [-0.39, 0.29) is 162 Å². The fourth-order valence-electron chi connectivity index (χ4n) is 17.6. The van der Waals surface area contributed by atoms with Crippen LogP contribution in [0.15, 0.2) is 194 Å². The number of esters is 4. The molecule has 0 saturated heterocycles. The van der Waals surface area contributed by atoms with E-state index in [1.54, 1.807) is 24.3 Å². The van der Waals surface area contributed by atoms with Gasteiger partial charge in [-0.3, -0.25) is 19.2 Å². The monoisotopic (exact) mass is 1500 g/mol. The van der Waals surface area contributed by atoms with Crippen LogP contribution in [0.3, 0.4) is 0 Å². The number of hydrogen-bond acceptors (Lipinski definition) is 16. The molecule has 4 unspecified atom stereocenters. The fourth-order valence-corrected chi connectivity index (χ4v) is 17.6. The van der Waals surface area contributed by atoms with E-state index in [9.17, 15) is 38.4 Å². The summed E-state index contributed by atoms with van der Waals surface area (Å²) in [5.74, 6) is -8.29. The molecule has 0 spiro atoms. The van der Waals surface area contributed by atoms with Crippen LogP contribution in [0.5, 0.6) is 46.0 Å². The van der Waals surface area contributed by atoms with Crippen LogP contribution in [0, 0.1) is 0 Å². The summed E-state index contributed by atoms with van der Waals surface area (Å²) in [4.78, 5) is 113. The van der Waals surface area contributed by atoms with Gasteiger partial charge in [0, 0.05) is 115 Å². The van der Waals surface area contributed by atoms with Crippen molar-refractivity contribution in [3.63, 3.8) is 0 Å². The summed E-state index contributed by atoms with van der Waals surface area (Å²) < 4.78 is 51.4. The lowest BCUT2D eigenvalue weighted by Crippen LogP contribution is -2.20. The fraction of sp³-hybridized carbons (Fsp3) is 0.333. The summed E-state index contributed by atoms with van der Waals surface area (Å²) >= 11 is 0. The van der Waals surface area contributed by atoms with Gasteiger partial charge in [0.05, 0.1) is 0 Å². The van der Waals surface area contributed by atoms with Gasteiger partial charge in [-0.25, -0.2) is 19.2 Å². The van der Waals surface area contributed by atoms with Crippen LogP contribution in [0.1, 0.15) is 292 Å². The summed E-state index contributed by atoms with van der Waals surface area (Å²) in [6, 6.07) is 45.3. The summed E-state index contributed by atoms with van der Waals surface area (Å²) in [6.07, 6.45) is 20.7. The van der Waals surface area contributed by atoms with E-state index in [1.165, 1.54) is 52.0 Å². The zero-order chi connectivity index (χ0) is 78.7. The van der Waals surface area contributed by atoms with E-state index < -0.39 is 47.5 Å². The lowest BCUT2D eigenvalue weighted by molar-refractivity contribution is -0.131. The quantitative estimate of drug-likeness (QED) is 0.0238. The van der Waals surface area contributed by atoms with Crippen molar-refractivity contribution < 1.29 is 76.3 Å². The minimum atomic E-state index is -1.24. The molecule has 0 heterocycles. The van der Waals surface area contributed by atoms with Crippen molar-refractivity contribution in [2.24, 2.45) is 0 Å². The molecule has 8 bridgehead atoms. The van der Waals surface area contributed by atoms with Crippen molar-refractivity contribution in [1.29, 1.82) is 0 Å². The molecule has 5 aliphatic rings. The first-order chi connectivity index (χ1) is 54.3. The SMILES string of the molecule is C=C(C)C(=O)Oc1cc(OC=O)c2cc1C(c1ccc(C3CCCCC3)cc1)c1cc(c(OC(=O)C(=C)C)cc1OC(=O)C(=C)C)C(c1ccc(C3CCCCC3)cc1)c1cc(c(OC=O)cc1OC(=O)C(=C)C)C(c1ccc(C3CCCCC3)cc1)c1cc(c(OC=O)cc1OC=O)C2c1ccc(C2CCCCC2)cc1. The second kappa shape index (κ2) is 35.7. The Bertz CT molecular complexity index is 4620. The highest BCUT2D eigenvalue weighted by molar-refractivity contribution is 5.92. The Morgan fingerprint density at radius 2 is 0.411 bits per heavy atom. The number of carbonyl (C=O) groups is 8. The molecule has 5 aliphatic carbocycles. The average molecular weight is 1510 g/mol. The minimum Gasteiger partial charge on any atom is -0.428 e. The van der Waals surface area contributed by atoms with E-state index in [2.05, 4.69) is 74.8 Å². The number of rotatable bonds is 24. The Balaban J connectivity index is 1.27. The van der Waals surface area contributed by atoms with Crippen LogP contribution in [0.4, 0.5) is 0 Å². The van der Waals surface area contributed by atoms with Crippen molar-refractivity contribution >= 4 is 49.8 Å². The van der Waals surface area contributed by atoms with Gasteiger partial charge in [0.1, 0.15) is 46.0 Å². The van der Waals surface area contributed by atoms with Crippen LogP contribution < -0.4 is 37.9 Å². The Morgan fingerprint density at radius 1 is 0.250 bits per heavy atom. The molecule has 0 N–H and O–H groups in total. The molecule has 0 aromatic heterocycles. The highest BCUT2D eigenvalue weighted by Crippen LogP contribution is 2.56. The molecule has 4 fully saturated rings. The maximum Gasteiger partial charge on any atom is 0.338 e. The lowest BCUT2D eigenvalue weighted by atomic mass is 9.74. The molecular weight excluding hydrogens is 1410 g/mol. The molecule has 0 amide bonds. The van der Waals surface area contributed by atoms with Crippen molar-refractivity contribution in [2.75, 3.05) is 0 Å². The van der Waals surface area contributed by atoms with Crippen LogP contribution in [-0.2, 0) is 38.4 Å². The maximum atomic E-state index is 14.8. The van der Waals surface area contributed by atoms with Gasteiger partial charge < -0.3 is 37.9 Å². The Kier molecular flexibility index (Phi) is 25.0. The minimum absolute atomic E-state index is 0.00458. The zero-order valence-corrected chi connectivity index (χ0v) is 64.3. The lowest BCUT2D eigenvalue weighted by Gasteiger charge is -2.32. The largest absolute Gasteiger partial charge is 0.428 e. The predicted molar refractivity (Wildman–Crippen MR) is 427 cm³/mol. The summed E-state index contributed by atoms with van der Waals surface area (Å²) in [6.45, 7) is 23.1. The number of fused-ring (bicyclic) bond motifs is 8. The van der Waals surface area contributed by atoms with E-state index >= 15 is 0 Å². The summed E-state index contributed by atoms with van der Waals surface area (Å²) in [5, 5.41) is 0. The molecule has 13 rings (SSSR count). The highest BCUT2D eigenvalue weighted by Gasteiger charge is 2.40. The molecule has 4 saturated carbocycles. The molecule has 112 heavy (non-hydrogen) atoms. The van der Waals surface area contributed by atoms with Gasteiger partial charge in [-0.1, -0.05) is 200 Å². The number of benzene rings is 8.